The molecule has 0 aliphatic carbocycles. The highest BCUT2D eigenvalue weighted by atomic mass is 16.5. The van der Waals surface area contributed by atoms with Gasteiger partial charge in [0, 0.05) is 75.4 Å². The lowest BCUT2D eigenvalue weighted by atomic mass is 10.00. The van der Waals surface area contributed by atoms with Crippen molar-refractivity contribution in [2.75, 3.05) is 34.5 Å². The second kappa shape index (κ2) is 43.5. The van der Waals surface area contributed by atoms with E-state index >= 15 is 0 Å². The molecular formula is C95H83N17O18. The topological polar surface area (TPSA) is 476 Å². The maximum absolute atomic E-state index is 13.8. The van der Waals surface area contributed by atoms with Crippen LogP contribution in [-0.4, -0.2) is 159 Å². The van der Waals surface area contributed by atoms with Crippen LogP contribution in [0.5, 0.6) is 23.0 Å². The van der Waals surface area contributed by atoms with Crippen LogP contribution in [-0.2, 0) is 36.8 Å². The maximum Gasteiger partial charge on any atom is 0.338 e. The van der Waals surface area contributed by atoms with Crippen LogP contribution in [0.2, 0.25) is 0 Å². The van der Waals surface area contributed by atoms with Crippen molar-refractivity contribution >= 4 is 105 Å². The second-order valence-electron chi connectivity index (χ2n) is 29.3. The highest BCUT2D eigenvalue weighted by Gasteiger charge is 2.30. The highest BCUT2D eigenvalue weighted by Crippen LogP contribution is 2.41. The normalized spacial score (nSPS) is 11.1. The molecule has 0 radical (unpaired) electrons. The molecule has 2 unspecified atom stereocenters. The van der Waals surface area contributed by atoms with Crippen molar-refractivity contribution < 1.29 is 86.7 Å². The van der Waals surface area contributed by atoms with Gasteiger partial charge in [0.15, 0.2) is 45.9 Å². The first kappa shape index (κ1) is 92.9. The average Bonchev–Trinajstić information content (AvgIpc) is 1.25. The summed E-state index contributed by atoms with van der Waals surface area (Å²) >= 11 is 0. The van der Waals surface area contributed by atoms with Crippen molar-refractivity contribution in [2.24, 2.45) is 5.73 Å². The van der Waals surface area contributed by atoms with Gasteiger partial charge in [0.25, 0.3) is 23.6 Å². The largest absolute Gasteiger partial charge is 0.504 e. The molecule has 0 saturated heterocycles. The molecule has 12 rings (SSSR count). The lowest BCUT2D eigenvalue weighted by Gasteiger charge is -2.20. The molecule has 2 atom stereocenters. The molecule has 12 aromatic rings. The van der Waals surface area contributed by atoms with Gasteiger partial charge in [-0.05, 0) is 202 Å². The molecule has 0 bridgehead atoms. The number of carbonyl (C=O) groups excluding carboxylic acids is 11. The Kier molecular flexibility index (Phi) is 31.1. The number of rotatable bonds is 37. The third-order valence-corrected chi connectivity index (χ3v) is 18.9. The van der Waals surface area contributed by atoms with Crippen LogP contribution in [0.4, 0.5) is 34.1 Å². The zero-order valence-electron chi connectivity index (χ0n) is 70.4. The zero-order valence-corrected chi connectivity index (χ0v) is 70.4. The minimum absolute atomic E-state index is 0.0106. The molecular weight excluding hydrogens is 1670 g/mol. The molecule has 35 nitrogen and oxygen atoms in total. The number of nitrogens with zero attached hydrogens (tertiary/aromatic N) is 10. The Labute approximate surface area is 743 Å². The Morgan fingerprint density at radius 3 is 1.25 bits per heavy atom. The Balaban J connectivity index is 0.000000252. The van der Waals surface area contributed by atoms with Crippen LogP contribution >= 0.6 is 0 Å². The van der Waals surface area contributed by atoms with Gasteiger partial charge >= 0.3 is 11.9 Å². The van der Waals surface area contributed by atoms with E-state index in [1.165, 1.54) is 169 Å². The number of primary amides is 1. The number of nitrogens with two attached hydrogens (primary N) is 1. The summed E-state index contributed by atoms with van der Waals surface area (Å²) in [5.74, 6) is -6.71. The third kappa shape index (κ3) is 24.8. The molecule has 656 valence electrons. The first-order valence-electron chi connectivity index (χ1n) is 39.9. The number of tetrazole rings is 2. The van der Waals surface area contributed by atoms with Crippen LogP contribution in [0.1, 0.15) is 141 Å². The maximum atomic E-state index is 13.8. The first-order chi connectivity index (χ1) is 62.4. The first-order valence-corrected chi connectivity index (χ1v) is 39.9. The van der Waals surface area contributed by atoms with E-state index < -0.39 is 89.4 Å². The summed E-state index contributed by atoms with van der Waals surface area (Å²) < 4.78 is 23.3. The van der Waals surface area contributed by atoms with E-state index in [0.29, 0.717) is 78.8 Å². The number of carbonyl (C=O) groups is 12. The molecule has 2 aromatic heterocycles. The van der Waals surface area contributed by atoms with Crippen molar-refractivity contribution in [3.05, 3.63) is 322 Å². The number of phenols is 1. The second-order valence-corrected chi connectivity index (χ2v) is 29.3. The van der Waals surface area contributed by atoms with E-state index in [2.05, 4.69) is 85.6 Å². The van der Waals surface area contributed by atoms with Crippen LogP contribution in [0, 0.1) is 13.1 Å². The minimum Gasteiger partial charge on any atom is -0.504 e. The summed E-state index contributed by atoms with van der Waals surface area (Å²) in [6.07, 6.45) is 1.33. The summed E-state index contributed by atoms with van der Waals surface area (Å²) in [4.78, 5) is 162. The minimum atomic E-state index is -1.34. The number of esters is 1. The number of aromatic nitrogens is 8. The monoisotopic (exact) mass is 1750 g/mol. The van der Waals surface area contributed by atoms with Crippen molar-refractivity contribution in [1.82, 2.24) is 51.0 Å². The van der Waals surface area contributed by atoms with Gasteiger partial charge in [-0.25, -0.2) is 19.3 Å². The van der Waals surface area contributed by atoms with Gasteiger partial charge in [0.1, 0.15) is 42.5 Å². The number of Topliss-reactive ketones (excluding diaryl/α,β-unsaturated/α-hetero) is 3. The van der Waals surface area contributed by atoms with Gasteiger partial charge in [-0.2, -0.15) is 0 Å². The summed E-state index contributed by atoms with van der Waals surface area (Å²) in [6.45, 7) is 29.9. The molecule has 10 N–H and O–H groups in total. The number of phenolic OH excluding ortho intramolecular Hbond substituents is 1. The van der Waals surface area contributed by atoms with E-state index in [4.69, 9.17) is 42.9 Å². The molecule has 10 aromatic carbocycles. The number of aromatic carboxylic acids is 1. The lowest BCUT2D eigenvalue weighted by Crippen LogP contribution is -2.46. The number of anilines is 4. The number of nitrogens with one attached hydrogen (secondary N) is 6. The van der Waals surface area contributed by atoms with E-state index in [-0.39, 0.29) is 113 Å². The number of carboxylic acids is 1. The summed E-state index contributed by atoms with van der Waals surface area (Å²) in [5, 5.41) is 62.1. The van der Waals surface area contributed by atoms with Crippen LogP contribution in [0.15, 0.2) is 244 Å². The van der Waals surface area contributed by atoms with Gasteiger partial charge in [0.2, 0.25) is 29.4 Å². The number of carboxylic acid groups (broad SMARTS) is 1. The van der Waals surface area contributed by atoms with Gasteiger partial charge < -0.3 is 66.8 Å². The van der Waals surface area contributed by atoms with E-state index in [1.807, 2.05) is 13.8 Å². The quantitative estimate of drug-likeness (QED) is 0.00755. The van der Waals surface area contributed by atoms with Crippen LogP contribution in [0.3, 0.4) is 0 Å². The molecule has 7 amide bonds. The fourth-order valence-electron chi connectivity index (χ4n) is 12.5. The van der Waals surface area contributed by atoms with Gasteiger partial charge in [-0.3, -0.25) is 47.9 Å². The van der Waals surface area contributed by atoms with Gasteiger partial charge in [-0.1, -0.05) is 98.1 Å². The Bertz CT molecular complexity index is 6360. The number of amides is 7. The molecule has 0 saturated carbocycles. The van der Waals surface area contributed by atoms with Crippen molar-refractivity contribution in [3.8, 4) is 57.1 Å². The Hall–Kier alpha value is -17.8. The molecule has 0 aliphatic rings. The number of ether oxygens (including phenoxy) is 4. The van der Waals surface area contributed by atoms with E-state index in [1.54, 1.807) is 86.6 Å². The zero-order chi connectivity index (χ0) is 93.2. The van der Waals surface area contributed by atoms with Crippen molar-refractivity contribution in [2.45, 2.75) is 84.6 Å². The fourth-order valence-corrected chi connectivity index (χ4v) is 12.5. The van der Waals surface area contributed by atoms with Crippen LogP contribution in [0.25, 0.3) is 43.8 Å². The van der Waals surface area contributed by atoms with Crippen molar-refractivity contribution in [1.29, 1.82) is 0 Å². The molecule has 2 heterocycles. The molecule has 0 fully saturated rings. The SMILES string of the molecule is [C-]#[N+]c1ccc(C(=O)Nc2ccc(C(=O)NC(CC(C)=O)C(=O)Nc3ccc(-c4nnn(-c5ccc(C(=O)Cc6ccc(C(=O)OCC=C)cc6)c(OCC=C)c5OC(C)C)n4)cc3)cc2)cc1.[C-]#[N+]c1ccc(C(=O)Nc2ccc(C(=O)NC(CC(N)=O)C(=O)Nc3ccc(-c4nnn(-c5ccc(C(=O)Cc6ccc(C(=O)O)cc6)c(O)c5OC(C)C)n4)cc3)cc2)cc1. The fraction of sp³-hybridized carbons (Fsp3) is 0.158. The number of benzene rings is 10. The predicted molar refractivity (Wildman–Crippen MR) is 478 cm³/mol. The van der Waals surface area contributed by atoms with E-state index in [0.717, 1.165) is 4.80 Å². The predicted octanol–water partition coefficient (Wildman–Crippen LogP) is 13.3. The standard InChI is InChI=1S/C51H46N8O9.C44H37N9O9/c1-7-27-66-45-41(44(61)30-33-9-11-37(12-10-33)51(65)67-28-8-2)25-26-43(46(45)68-31(3)4)59-57-47(56-58-59)34-13-21-40(22-14-34)54-50(64)42(29-32(5)60)55-49(63)36-17-23-39(24-18-36)53-48(62)35-15-19-38(52-6)20-16-35;1-24(2)62-39-35(21-20-33(38(39)56)36(54)22-25-4-6-29(7-5-25)44(60)61)53-51-40(50-52-53)26-8-16-32(17-9-26)48-43(59)34(23-37(45)55)49-42(58)28-12-18-31(19-13-28)47-41(57)27-10-14-30(46-3)15-11-27/h7-26,31,42H,1-2,27-30H2,3-5H3,(H,53,62)(H,54,64)(H,55,63);4-21,24,34,56H,22-23H2,1-2H3,(H2,45,55)(H,47,57)(H,48,59)(H,49,58)(H,60,61). The van der Waals surface area contributed by atoms with Gasteiger partial charge in [-0.15, -0.1) is 30.0 Å². The summed E-state index contributed by atoms with van der Waals surface area (Å²) in [6, 6.07) is 52.8. The molecule has 130 heavy (non-hydrogen) atoms. The smallest absolute Gasteiger partial charge is 0.338 e. The average molecular weight is 1750 g/mol. The Morgan fingerprint density at radius 2 is 0.831 bits per heavy atom. The summed E-state index contributed by atoms with van der Waals surface area (Å²) in [7, 11) is 0. The highest BCUT2D eigenvalue weighted by molar-refractivity contribution is 6.08. The molecule has 35 heteroatoms. The van der Waals surface area contributed by atoms with Crippen molar-refractivity contribution in [3.63, 3.8) is 0 Å². The number of hydrogen-bond donors (Lipinski definition) is 9. The number of ketones is 3. The number of hydrogen-bond acceptors (Lipinski definition) is 23. The van der Waals surface area contributed by atoms with Gasteiger partial charge in [0.05, 0.1) is 54.0 Å². The van der Waals surface area contributed by atoms with E-state index in [9.17, 15) is 62.6 Å². The Morgan fingerprint density at radius 1 is 0.454 bits per heavy atom. The lowest BCUT2D eigenvalue weighted by molar-refractivity contribution is -0.123. The number of aromatic hydroxyl groups is 1. The molecule has 0 spiro atoms. The third-order valence-electron chi connectivity index (χ3n) is 18.9. The van der Waals surface area contributed by atoms with Crippen LogP contribution < -0.4 is 51.8 Å². The summed E-state index contributed by atoms with van der Waals surface area (Å²) in [5.41, 5.74) is 12.0. The molecule has 0 aliphatic heterocycles.